The molecule has 20 heavy (non-hydrogen) atoms. The number of piperidine rings is 1. The topological polar surface area (TPSA) is 66.6 Å². The normalized spacial score (nSPS) is 18.6. The molecule has 1 saturated heterocycles. The van der Waals surface area contributed by atoms with Gasteiger partial charge in [-0.2, -0.15) is 17.0 Å². The summed E-state index contributed by atoms with van der Waals surface area (Å²) in [6, 6.07) is 0. The Morgan fingerprint density at radius 2 is 1.65 bits per heavy atom. The van der Waals surface area contributed by atoms with Crippen LogP contribution in [0.1, 0.15) is 59.3 Å². The molecular weight excluding hydrogens is 274 g/mol. The second kappa shape index (κ2) is 7.73. The van der Waals surface area contributed by atoms with Crippen LogP contribution < -0.4 is 5.73 Å². The Morgan fingerprint density at radius 3 is 2.05 bits per heavy atom. The largest absolute Gasteiger partial charge is 0.329 e. The van der Waals surface area contributed by atoms with Crippen LogP contribution in [-0.2, 0) is 10.2 Å². The molecule has 0 aromatic rings. The van der Waals surface area contributed by atoms with Gasteiger partial charge in [0.25, 0.3) is 10.2 Å². The first kappa shape index (κ1) is 17.9. The Kier molecular flexibility index (Phi) is 6.91. The maximum atomic E-state index is 13.0. The molecule has 0 radical (unpaired) electrons. The predicted octanol–water partition coefficient (Wildman–Crippen LogP) is 1.95. The van der Waals surface area contributed by atoms with Crippen molar-refractivity contribution < 1.29 is 8.42 Å². The van der Waals surface area contributed by atoms with Gasteiger partial charge in [0.2, 0.25) is 0 Å². The summed E-state index contributed by atoms with van der Waals surface area (Å²) in [5.41, 5.74) is 5.52. The molecular formula is C14H31N3O2S. The van der Waals surface area contributed by atoms with Gasteiger partial charge >= 0.3 is 0 Å². The highest BCUT2D eigenvalue weighted by Crippen LogP contribution is 2.29. The second-order valence-electron chi connectivity index (χ2n) is 5.68. The van der Waals surface area contributed by atoms with Gasteiger partial charge in [0.1, 0.15) is 0 Å². The summed E-state index contributed by atoms with van der Waals surface area (Å²) >= 11 is 0. The van der Waals surface area contributed by atoms with Crippen LogP contribution in [0.25, 0.3) is 0 Å². The van der Waals surface area contributed by atoms with E-state index in [0.717, 1.165) is 38.5 Å². The third-order valence-corrected chi connectivity index (χ3v) is 6.72. The first-order chi connectivity index (χ1) is 9.48. The van der Waals surface area contributed by atoms with Gasteiger partial charge in [-0.15, -0.1) is 0 Å². The molecule has 0 unspecified atom stereocenters. The van der Waals surface area contributed by atoms with Gasteiger partial charge in [-0.3, -0.25) is 0 Å². The van der Waals surface area contributed by atoms with Crippen molar-refractivity contribution in [1.29, 1.82) is 0 Å². The quantitative estimate of drug-likeness (QED) is 0.745. The third-order valence-electron chi connectivity index (χ3n) is 4.57. The smallest absolute Gasteiger partial charge is 0.282 e. The molecule has 1 aliphatic heterocycles. The zero-order chi connectivity index (χ0) is 15.2. The zero-order valence-corrected chi connectivity index (χ0v) is 14.1. The summed E-state index contributed by atoms with van der Waals surface area (Å²) in [7, 11) is -3.39. The van der Waals surface area contributed by atoms with Crippen LogP contribution in [0.15, 0.2) is 0 Å². The van der Waals surface area contributed by atoms with Crippen LogP contribution in [-0.4, -0.2) is 48.7 Å². The van der Waals surface area contributed by atoms with E-state index in [-0.39, 0.29) is 0 Å². The second-order valence-corrected chi connectivity index (χ2v) is 7.53. The van der Waals surface area contributed by atoms with Crippen molar-refractivity contribution in [2.24, 2.45) is 5.73 Å². The van der Waals surface area contributed by atoms with Gasteiger partial charge in [-0.05, 0) is 32.1 Å². The standard InChI is InChI=1S/C14H31N3O2S/c1-4-10-17(14(5-2,6-3)13-15)20(18,19)16-11-8-7-9-12-16/h4-13,15H2,1-3H3. The van der Waals surface area contributed by atoms with Gasteiger partial charge in [0.15, 0.2) is 0 Å². The molecule has 0 aromatic heterocycles. The van der Waals surface area contributed by atoms with Crippen molar-refractivity contribution >= 4 is 10.2 Å². The Bertz CT molecular complexity index is 366. The first-order valence-corrected chi connectivity index (χ1v) is 9.36. The molecule has 2 N–H and O–H groups in total. The molecule has 0 bridgehead atoms. The highest BCUT2D eigenvalue weighted by Gasteiger charge is 2.42. The molecule has 1 heterocycles. The van der Waals surface area contributed by atoms with Gasteiger partial charge in [-0.25, -0.2) is 0 Å². The lowest BCUT2D eigenvalue weighted by molar-refractivity contribution is 0.161. The molecule has 5 nitrogen and oxygen atoms in total. The maximum Gasteiger partial charge on any atom is 0.282 e. The van der Waals surface area contributed by atoms with Gasteiger partial charge < -0.3 is 5.73 Å². The van der Waals surface area contributed by atoms with Gasteiger partial charge in [0, 0.05) is 31.7 Å². The fourth-order valence-electron chi connectivity index (χ4n) is 3.03. The maximum absolute atomic E-state index is 13.0. The zero-order valence-electron chi connectivity index (χ0n) is 13.3. The summed E-state index contributed by atoms with van der Waals surface area (Å²) in [6.07, 6.45) is 5.39. The molecule has 1 aliphatic rings. The van der Waals surface area contributed by atoms with E-state index in [1.54, 1.807) is 8.61 Å². The fraction of sp³-hybridized carbons (Fsp3) is 1.00. The summed E-state index contributed by atoms with van der Waals surface area (Å²) in [5.74, 6) is 0. The summed E-state index contributed by atoms with van der Waals surface area (Å²) in [6.45, 7) is 8.32. The van der Waals surface area contributed by atoms with Gasteiger partial charge in [0.05, 0.1) is 0 Å². The van der Waals surface area contributed by atoms with Crippen molar-refractivity contribution in [2.45, 2.75) is 64.8 Å². The van der Waals surface area contributed by atoms with E-state index < -0.39 is 15.7 Å². The summed E-state index contributed by atoms with van der Waals surface area (Å²) in [4.78, 5) is 0. The Morgan fingerprint density at radius 1 is 1.10 bits per heavy atom. The van der Waals surface area contributed by atoms with Crippen LogP contribution in [0.4, 0.5) is 0 Å². The lowest BCUT2D eigenvalue weighted by Gasteiger charge is -2.44. The fourth-order valence-corrected chi connectivity index (χ4v) is 5.26. The highest BCUT2D eigenvalue weighted by atomic mass is 32.2. The molecule has 6 heteroatoms. The molecule has 120 valence electrons. The minimum atomic E-state index is -3.39. The van der Waals surface area contributed by atoms with E-state index in [2.05, 4.69) is 0 Å². The Labute approximate surface area is 124 Å². The molecule has 0 aromatic carbocycles. The van der Waals surface area contributed by atoms with Crippen LogP contribution in [0.2, 0.25) is 0 Å². The third kappa shape index (κ3) is 3.53. The van der Waals surface area contributed by atoms with E-state index in [1.807, 2.05) is 20.8 Å². The molecule has 0 atom stereocenters. The van der Waals surface area contributed by atoms with Crippen LogP contribution >= 0.6 is 0 Å². The number of hydrogen-bond donors (Lipinski definition) is 1. The lowest BCUT2D eigenvalue weighted by atomic mass is 9.93. The average molecular weight is 305 g/mol. The van der Waals surface area contributed by atoms with Crippen molar-refractivity contribution in [3.05, 3.63) is 0 Å². The Balaban J connectivity index is 3.10. The van der Waals surface area contributed by atoms with Crippen LogP contribution in [0.5, 0.6) is 0 Å². The van der Waals surface area contributed by atoms with E-state index in [4.69, 9.17) is 5.73 Å². The SMILES string of the molecule is CCCN(C(CC)(CC)CN)S(=O)(=O)N1CCCCC1. The average Bonchev–Trinajstić information content (AvgIpc) is 2.49. The minimum Gasteiger partial charge on any atom is -0.329 e. The van der Waals surface area contributed by atoms with Crippen molar-refractivity contribution in [1.82, 2.24) is 8.61 Å². The molecule has 0 spiro atoms. The number of nitrogens with zero attached hydrogens (tertiary/aromatic N) is 2. The number of hydrogen-bond acceptors (Lipinski definition) is 3. The molecule has 1 rings (SSSR count). The van der Waals surface area contributed by atoms with Crippen molar-refractivity contribution in [2.75, 3.05) is 26.2 Å². The van der Waals surface area contributed by atoms with Crippen molar-refractivity contribution in [3.8, 4) is 0 Å². The van der Waals surface area contributed by atoms with Crippen LogP contribution in [0.3, 0.4) is 0 Å². The van der Waals surface area contributed by atoms with Gasteiger partial charge in [-0.1, -0.05) is 27.2 Å². The molecule has 0 aliphatic carbocycles. The number of rotatable bonds is 8. The van der Waals surface area contributed by atoms with Crippen LogP contribution in [0, 0.1) is 0 Å². The number of nitrogens with two attached hydrogens (primary N) is 1. The van der Waals surface area contributed by atoms with Crippen molar-refractivity contribution in [3.63, 3.8) is 0 Å². The molecule has 1 fully saturated rings. The minimum absolute atomic E-state index is 0.382. The van der Waals surface area contributed by atoms with E-state index in [0.29, 0.717) is 26.2 Å². The molecule has 0 saturated carbocycles. The first-order valence-electron chi connectivity index (χ1n) is 7.96. The predicted molar refractivity (Wildman–Crippen MR) is 83.7 cm³/mol. The Hall–Kier alpha value is -0.170. The summed E-state index contributed by atoms with van der Waals surface area (Å²) in [5, 5.41) is 0. The van der Waals surface area contributed by atoms with E-state index in [1.165, 1.54) is 0 Å². The molecule has 0 amide bonds. The van der Waals surface area contributed by atoms with E-state index >= 15 is 0 Å². The van der Waals surface area contributed by atoms with E-state index in [9.17, 15) is 8.42 Å². The lowest BCUT2D eigenvalue weighted by Crippen LogP contribution is -2.59. The highest BCUT2D eigenvalue weighted by molar-refractivity contribution is 7.86. The summed E-state index contributed by atoms with van der Waals surface area (Å²) < 4.78 is 29.3. The monoisotopic (exact) mass is 305 g/mol.